The van der Waals surface area contributed by atoms with Gasteiger partial charge < -0.3 is 10.6 Å². The Balaban J connectivity index is 1.75. The van der Waals surface area contributed by atoms with Crippen molar-refractivity contribution in [1.29, 1.82) is 0 Å². The predicted octanol–water partition coefficient (Wildman–Crippen LogP) is 1.12. The van der Waals surface area contributed by atoms with E-state index in [9.17, 15) is 9.18 Å². The summed E-state index contributed by atoms with van der Waals surface area (Å²) in [5, 5.41) is 5.84. The summed E-state index contributed by atoms with van der Waals surface area (Å²) in [6.07, 6.45) is 2.11. The van der Waals surface area contributed by atoms with Gasteiger partial charge in [0.15, 0.2) is 0 Å². The van der Waals surface area contributed by atoms with Crippen LogP contribution in [0.5, 0.6) is 0 Å². The van der Waals surface area contributed by atoms with E-state index in [1.807, 2.05) is 0 Å². The molecule has 0 spiro atoms. The highest BCUT2D eigenvalue weighted by Gasteiger charge is 2.47. The Kier molecular flexibility index (Phi) is 2.78. The lowest BCUT2D eigenvalue weighted by Gasteiger charge is -2.12. The van der Waals surface area contributed by atoms with Gasteiger partial charge in [-0.2, -0.15) is 0 Å². The minimum atomic E-state index is -0.244. The molecule has 0 aromatic carbocycles. The maximum absolute atomic E-state index is 13.1. The molecule has 1 aliphatic carbocycles. The molecule has 15 heavy (non-hydrogen) atoms. The smallest absolute Gasteiger partial charge is 0.237 e. The number of halogens is 1. The highest BCUT2D eigenvalue weighted by atomic mass is 19.1. The third kappa shape index (κ3) is 2.37. The van der Waals surface area contributed by atoms with Crippen LogP contribution in [0.4, 0.5) is 4.39 Å². The summed E-state index contributed by atoms with van der Waals surface area (Å²) in [6, 6.07) is 0.452. The van der Waals surface area contributed by atoms with Crippen LogP contribution in [0.25, 0.3) is 0 Å². The van der Waals surface area contributed by atoms with Gasteiger partial charge in [0.2, 0.25) is 5.91 Å². The van der Waals surface area contributed by atoms with Crippen molar-refractivity contribution < 1.29 is 9.18 Å². The van der Waals surface area contributed by atoms with Gasteiger partial charge in [0.25, 0.3) is 0 Å². The number of piperidine rings is 1. The van der Waals surface area contributed by atoms with Crippen LogP contribution < -0.4 is 10.6 Å². The van der Waals surface area contributed by atoms with E-state index in [0.29, 0.717) is 17.5 Å². The van der Waals surface area contributed by atoms with E-state index in [1.54, 1.807) is 13.8 Å². The van der Waals surface area contributed by atoms with Crippen LogP contribution >= 0.6 is 0 Å². The van der Waals surface area contributed by atoms with Crippen LogP contribution in [0.15, 0.2) is 11.4 Å². The first kappa shape index (κ1) is 10.6. The molecule has 3 atom stereocenters. The van der Waals surface area contributed by atoms with Gasteiger partial charge in [0.05, 0.1) is 12.6 Å². The molecule has 2 rings (SSSR count). The Morgan fingerprint density at radius 2 is 2.20 bits per heavy atom. The lowest BCUT2D eigenvalue weighted by atomic mass is 10.1. The van der Waals surface area contributed by atoms with E-state index < -0.39 is 0 Å². The number of hydrogen-bond donors (Lipinski definition) is 2. The van der Waals surface area contributed by atoms with E-state index in [1.165, 1.54) is 6.42 Å². The van der Waals surface area contributed by atoms with E-state index >= 15 is 0 Å². The second-order valence-electron chi connectivity index (χ2n) is 4.68. The number of fused-ring (bicyclic) bond motifs is 1. The minimum Gasteiger partial charge on any atom is -0.348 e. The highest BCUT2D eigenvalue weighted by molar-refractivity contribution is 5.82. The molecule has 1 heterocycles. The van der Waals surface area contributed by atoms with Gasteiger partial charge in [-0.15, -0.1) is 0 Å². The predicted molar refractivity (Wildman–Crippen MR) is 55.9 cm³/mol. The van der Waals surface area contributed by atoms with E-state index in [4.69, 9.17) is 0 Å². The number of amides is 1. The zero-order valence-electron chi connectivity index (χ0n) is 9.14. The van der Waals surface area contributed by atoms with Crippen LogP contribution in [-0.4, -0.2) is 24.5 Å². The van der Waals surface area contributed by atoms with Gasteiger partial charge in [-0.05, 0) is 38.2 Å². The van der Waals surface area contributed by atoms with Crippen molar-refractivity contribution in [2.24, 2.45) is 5.92 Å². The lowest BCUT2D eigenvalue weighted by molar-refractivity contribution is -0.122. The molecule has 0 radical (unpaired) electrons. The quantitative estimate of drug-likeness (QED) is 0.736. The average molecular weight is 212 g/mol. The van der Waals surface area contributed by atoms with Crippen molar-refractivity contribution in [2.45, 2.75) is 38.8 Å². The fourth-order valence-electron chi connectivity index (χ4n) is 1.99. The maximum atomic E-state index is 13.1. The normalized spacial score (nSPS) is 32.1. The molecule has 0 aromatic rings. The number of hydrogen-bond acceptors (Lipinski definition) is 2. The zero-order chi connectivity index (χ0) is 11.0. The summed E-state index contributed by atoms with van der Waals surface area (Å²) in [6.45, 7) is 3.42. The molecule has 2 N–H and O–H groups in total. The zero-order valence-corrected chi connectivity index (χ0v) is 9.14. The first-order valence-corrected chi connectivity index (χ1v) is 5.43. The second-order valence-corrected chi connectivity index (χ2v) is 4.68. The van der Waals surface area contributed by atoms with E-state index in [2.05, 4.69) is 10.6 Å². The van der Waals surface area contributed by atoms with E-state index in [-0.39, 0.29) is 24.3 Å². The molecule has 3 nitrogen and oxygen atoms in total. The Morgan fingerprint density at radius 1 is 1.47 bits per heavy atom. The van der Waals surface area contributed by atoms with Crippen LogP contribution in [0, 0.1) is 5.92 Å². The SMILES string of the molecule is CC(C)=C(F)CNC(=O)[C@@H]1CC2C[C@H]2N1. The fraction of sp³-hybridized carbons (Fsp3) is 0.727. The molecule has 1 unspecified atom stereocenters. The third-order valence-electron chi connectivity index (χ3n) is 3.15. The summed E-state index contributed by atoms with van der Waals surface area (Å²) < 4.78 is 13.1. The summed E-state index contributed by atoms with van der Waals surface area (Å²) in [5.41, 5.74) is 0.623. The van der Waals surface area contributed by atoms with Crippen LogP contribution in [0.1, 0.15) is 26.7 Å². The number of nitrogens with one attached hydrogen (secondary N) is 2. The average Bonchev–Trinajstić information content (AvgIpc) is 2.81. The van der Waals surface area contributed by atoms with Gasteiger partial charge in [0.1, 0.15) is 5.83 Å². The van der Waals surface area contributed by atoms with Gasteiger partial charge in [0, 0.05) is 6.04 Å². The largest absolute Gasteiger partial charge is 0.348 e. The third-order valence-corrected chi connectivity index (χ3v) is 3.15. The fourth-order valence-corrected chi connectivity index (χ4v) is 1.99. The van der Waals surface area contributed by atoms with Crippen LogP contribution in [-0.2, 0) is 4.79 Å². The first-order valence-electron chi connectivity index (χ1n) is 5.43. The van der Waals surface area contributed by atoms with Crippen molar-refractivity contribution in [3.8, 4) is 0 Å². The molecule has 84 valence electrons. The van der Waals surface area contributed by atoms with Crippen molar-refractivity contribution in [3.63, 3.8) is 0 Å². The van der Waals surface area contributed by atoms with Gasteiger partial charge in [-0.25, -0.2) is 4.39 Å². The van der Waals surface area contributed by atoms with Crippen molar-refractivity contribution in [3.05, 3.63) is 11.4 Å². The number of rotatable bonds is 3. The summed E-state index contributed by atoms with van der Waals surface area (Å²) >= 11 is 0. The maximum Gasteiger partial charge on any atom is 0.237 e. The standard InChI is InChI=1S/C11H17FN2O/c1-6(2)8(12)5-13-11(15)10-4-7-3-9(7)14-10/h7,9-10,14H,3-5H2,1-2H3,(H,13,15)/t7?,9-,10+/m1/s1. The molecular formula is C11H17FN2O. The van der Waals surface area contributed by atoms with Crippen LogP contribution in [0.3, 0.4) is 0 Å². The molecule has 1 saturated carbocycles. The van der Waals surface area contributed by atoms with Crippen molar-refractivity contribution in [2.75, 3.05) is 6.54 Å². The minimum absolute atomic E-state index is 0.0225. The molecule has 2 fully saturated rings. The van der Waals surface area contributed by atoms with Gasteiger partial charge >= 0.3 is 0 Å². The van der Waals surface area contributed by atoms with Gasteiger partial charge in [-0.3, -0.25) is 4.79 Å². The first-order chi connectivity index (χ1) is 7.08. The monoisotopic (exact) mass is 212 g/mol. The van der Waals surface area contributed by atoms with E-state index in [0.717, 1.165) is 6.42 Å². The molecular weight excluding hydrogens is 195 g/mol. The highest BCUT2D eigenvalue weighted by Crippen LogP contribution is 2.40. The lowest BCUT2D eigenvalue weighted by Crippen LogP contribution is -2.42. The topological polar surface area (TPSA) is 41.1 Å². The number of carbonyl (C=O) groups is 1. The van der Waals surface area contributed by atoms with Crippen molar-refractivity contribution in [1.82, 2.24) is 10.6 Å². The molecule has 4 heteroatoms. The Morgan fingerprint density at radius 3 is 2.73 bits per heavy atom. The van der Waals surface area contributed by atoms with Crippen LogP contribution in [0.2, 0.25) is 0 Å². The molecule has 0 bridgehead atoms. The summed E-state index contributed by atoms with van der Waals surface area (Å²) in [5.74, 6) is 0.374. The Labute approximate surface area is 89.1 Å². The number of carbonyl (C=O) groups excluding carboxylic acids is 1. The summed E-state index contributed by atoms with van der Waals surface area (Å²) in [7, 11) is 0. The Bertz CT molecular complexity index is 300. The second kappa shape index (κ2) is 3.93. The summed E-state index contributed by atoms with van der Waals surface area (Å²) in [4.78, 5) is 11.6. The number of allylic oxidation sites excluding steroid dienone is 1. The van der Waals surface area contributed by atoms with Crippen molar-refractivity contribution >= 4 is 5.91 Å². The molecule has 0 aromatic heterocycles. The molecule has 1 aliphatic heterocycles. The molecule has 1 amide bonds. The Hall–Kier alpha value is -0.900. The molecule has 2 aliphatic rings. The van der Waals surface area contributed by atoms with Gasteiger partial charge in [-0.1, -0.05) is 0 Å². The molecule has 1 saturated heterocycles.